The number of fused-ring (bicyclic) bond motifs is 1. The van der Waals surface area contributed by atoms with E-state index in [1.807, 2.05) is 78.0 Å². The fraction of sp³-hybridized carbons (Fsp3) is 0.200. The summed E-state index contributed by atoms with van der Waals surface area (Å²) in [5, 5.41) is 5.85. The van der Waals surface area contributed by atoms with Gasteiger partial charge in [-0.05, 0) is 67.9 Å². The molecule has 3 aromatic carbocycles. The largest absolute Gasteiger partial charge is 0.605 e. The van der Waals surface area contributed by atoms with Crippen molar-refractivity contribution in [2.24, 2.45) is 0 Å². The first kappa shape index (κ1) is 30.1. The first-order valence-corrected chi connectivity index (χ1v) is 17.1. The van der Waals surface area contributed by atoms with Crippen molar-refractivity contribution in [3.63, 3.8) is 0 Å². The zero-order chi connectivity index (χ0) is 31.6. The highest BCUT2D eigenvalue weighted by Crippen LogP contribution is 2.30. The summed E-state index contributed by atoms with van der Waals surface area (Å²) in [5.41, 5.74) is 4.56. The van der Waals surface area contributed by atoms with Crippen molar-refractivity contribution in [1.29, 1.82) is 0 Å². The van der Waals surface area contributed by atoms with Gasteiger partial charge in [0.15, 0.2) is 4.90 Å². The molecule has 46 heavy (non-hydrogen) atoms. The Kier molecular flexibility index (Phi) is 8.55. The minimum Gasteiger partial charge on any atom is -0.605 e. The molecule has 232 valence electrons. The Morgan fingerprint density at radius 3 is 2.57 bits per heavy atom. The van der Waals surface area contributed by atoms with E-state index >= 15 is 0 Å². The van der Waals surface area contributed by atoms with Crippen LogP contribution in [0.2, 0.25) is 0 Å². The zero-order valence-corrected chi connectivity index (χ0v) is 27.2. The molecule has 0 spiro atoms. The molecule has 1 N–H and O–H groups in total. The van der Waals surface area contributed by atoms with Gasteiger partial charge >= 0.3 is 4.34 Å². The fourth-order valence-corrected chi connectivity index (χ4v) is 8.00. The summed E-state index contributed by atoms with van der Waals surface area (Å²) in [6.45, 7) is 2.35. The summed E-state index contributed by atoms with van der Waals surface area (Å²) >= 11 is -0.144. The van der Waals surface area contributed by atoms with Crippen LogP contribution in [0.15, 0.2) is 117 Å². The van der Waals surface area contributed by atoms with Crippen molar-refractivity contribution in [3.05, 3.63) is 124 Å². The van der Waals surface area contributed by atoms with Gasteiger partial charge in [-0.2, -0.15) is 9.97 Å². The van der Waals surface area contributed by atoms with E-state index in [9.17, 15) is 9.35 Å². The molecule has 0 radical (unpaired) electrons. The maximum absolute atomic E-state index is 14.3. The van der Waals surface area contributed by atoms with Crippen LogP contribution in [0.5, 0.6) is 0 Å². The Morgan fingerprint density at radius 2 is 1.83 bits per heavy atom. The first-order chi connectivity index (χ1) is 22.4. The highest BCUT2D eigenvalue weighted by molar-refractivity contribution is 7.93. The van der Waals surface area contributed by atoms with E-state index in [1.54, 1.807) is 17.0 Å². The van der Waals surface area contributed by atoms with Gasteiger partial charge in [0.05, 0.1) is 17.7 Å². The molecule has 1 saturated heterocycles. The third kappa shape index (κ3) is 6.14. The van der Waals surface area contributed by atoms with Crippen LogP contribution in [-0.4, -0.2) is 56.2 Å². The van der Waals surface area contributed by atoms with E-state index in [1.165, 1.54) is 16.9 Å². The minimum atomic E-state index is -1.49. The molecule has 1 aliphatic rings. The average Bonchev–Trinajstić information content (AvgIpc) is 3.79. The predicted octanol–water partition coefficient (Wildman–Crippen LogP) is 6.39. The average molecular weight is 648 g/mol. The maximum Gasteiger partial charge on any atom is 0.307 e. The Morgan fingerprint density at radius 1 is 1.04 bits per heavy atom. The Hall–Kier alpha value is -4.55. The van der Waals surface area contributed by atoms with Gasteiger partial charge in [0, 0.05) is 53.7 Å². The van der Waals surface area contributed by atoms with Gasteiger partial charge in [-0.1, -0.05) is 59.9 Å². The number of nitrogens with zero attached hydrogens (tertiary/aromatic N) is 6. The highest BCUT2D eigenvalue weighted by Gasteiger charge is 2.24. The van der Waals surface area contributed by atoms with Crippen LogP contribution in [0, 0.1) is 0 Å². The molecule has 0 bridgehead atoms. The van der Waals surface area contributed by atoms with E-state index in [2.05, 4.69) is 51.5 Å². The molecule has 3 aromatic heterocycles. The van der Waals surface area contributed by atoms with Crippen molar-refractivity contribution in [2.75, 3.05) is 37.4 Å². The molecule has 0 amide bonds. The molecule has 1 fully saturated rings. The number of para-hydroxylation sites is 1. The molecule has 4 heterocycles. The smallest absolute Gasteiger partial charge is 0.307 e. The lowest BCUT2D eigenvalue weighted by molar-refractivity contribution is 0.411. The summed E-state index contributed by atoms with van der Waals surface area (Å²) < 4.78 is 15.7. The lowest BCUT2D eigenvalue weighted by Gasteiger charge is -2.21. The fourth-order valence-electron chi connectivity index (χ4n) is 5.94. The number of likely N-dealkylation sites (tertiary alicyclic amines) is 1. The highest BCUT2D eigenvalue weighted by atomic mass is 32.2. The van der Waals surface area contributed by atoms with Gasteiger partial charge in [0.1, 0.15) is 11.3 Å². The Labute approximate surface area is 274 Å². The number of thiazole rings is 1. The summed E-state index contributed by atoms with van der Waals surface area (Å²) in [4.78, 5) is 32.9. The third-order valence-electron chi connectivity index (χ3n) is 8.41. The van der Waals surface area contributed by atoms with E-state index in [0.29, 0.717) is 37.8 Å². The van der Waals surface area contributed by atoms with Crippen LogP contribution in [0.4, 0.5) is 23.0 Å². The molecule has 0 saturated carbocycles. The number of aromatic nitrogens is 4. The number of likely N-dealkylation sites (N-methyl/N-ethyl adjacent to an activating group) is 1. The van der Waals surface area contributed by atoms with Crippen molar-refractivity contribution >= 4 is 56.6 Å². The molecule has 11 heteroatoms. The zero-order valence-electron chi connectivity index (χ0n) is 25.5. The summed E-state index contributed by atoms with van der Waals surface area (Å²) in [7, 11) is 4.03. The minimum absolute atomic E-state index is 0.167. The number of benzene rings is 3. The van der Waals surface area contributed by atoms with Gasteiger partial charge in [-0.25, -0.2) is 4.98 Å². The third-order valence-corrected chi connectivity index (χ3v) is 10.9. The predicted molar refractivity (Wildman–Crippen MR) is 185 cm³/mol. The van der Waals surface area contributed by atoms with Crippen LogP contribution < -0.4 is 15.8 Å². The van der Waals surface area contributed by atoms with Crippen molar-refractivity contribution < 1.29 is 4.55 Å². The second-order valence-corrected chi connectivity index (χ2v) is 14.0. The van der Waals surface area contributed by atoms with E-state index < -0.39 is 11.2 Å². The van der Waals surface area contributed by atoms with Gasteiger partial charge in [-0.15, -0.1) is 0 Å². The van der Waals surface area contributed by atoms with Crippen LogP contribution in [0.25, 0.3) is 11.0 Å². The number of hydrogen-bond acceptors (Lipinski definition) is 9. The summed E-state index contributed by atoms with van der Waals surface area (Å²) in [5.74, 6) is 0.930. The summed E-state index contributed by atoms with van der Waals surface area (Å²) in [6.07, 6.45) is 4.55. The Bertz CT molecular complexity index is 2020. The van der Waals surface area contributed by atoms with Crippen LogP contribution in [0.3, 0.4) is 0 Å². The van der Waals surface area contributed by atoms with Crippen molar-refractivity contribution in [1.82, 2.24) is 24.4 Å². The van der Waals surface area contributed by atoms with Crippen molar-refractivity contribution in [3.8, 4) is 0 Å². The van der Waals surface area contributed by atoms with Gasteiger partial charge in [0.2, 0.25) is 5.95 Å². The number of rotatable bonds is 9. The topological polar surface area (TPSA) is 102 Å². The van der Waals surface area contributed by atoms with Crippen LogP contribution in [0.1, 0.15) is 23.5 Å². The molecule has 0 aliphatic carbocycles. The monoisotopic (exact) mass is 647 g/mol. The lowest BCUT2D eigenvalue weighted by atomic mass is 9.98. The van der Waals surface area contributed by atoms with Gasteiger partial charge < -0.3 is 19.7 Å². The molecular weight excluding hydrogens is 615 g/mol. The number of pyridine rings is 1. The number of anilines is 4. The van der Waals surface area contributed by atoms with Gasteiger partial charge in [-0.3, -0.25) is 9.36 Å². The molecule has 2 unspecified atom stereocenters. The molecule has 2 atom stereocenters. The number of hydrogen-bond donors (Lipinski definition) is 1. The quantitative estimate of drug-likeness (QED) is 0.180. The van der Waals surface area contributed by atoms with Gasteiger partial charge in [0.25, 0.3) is 5.56 Å². The standard InChI is InChI=1S/C35H33N7O2S2/c1-40-18-16-25(22-40)24-12-14-28(15-13-24)38-34-37-21-27-20-30(41(2)29-9-4-3-5-10-29)33(43)42(32(27)39-34)23-26-8-6-7-11-31(26)46(44)35-36-17-19-45-35/h3-15,17,19-21,25H,16,18,22-23H2,1-2H3,(H,37,38,39). The van der Waals surface area contributed by atoms with Crippen LogP contribution in [-0.2, 0) is 17.7 Å². The molecule has 6 aromatic rings. The van der Waals surface area contributed by atoms with Crippen LogP contribution >= 0.6 is 11.3 Å². The SMILES string of the molecule is CN1CCC(c2ccc(Nc3ncc4cc(N(C)c5ccccc5)c(=O)n(Cc5ccccc5[S+]([O-])c5nccs5)c4n3)cc2)C1. The normalized spacial score (nSPS) is 15.7. The Balaban J connectivity index is 1.28. The second-order valence-electron chi connectivity index (χ2n) is 11.5. The van der Waals surface area contributed by atoms with Crippen molar-refractivity contribution in [2.45, 2.75) is 28.1 Å². The number of nitrogens with one attached hydrogen (secondary N) is 1. The maximum atomic E-state index is 14.3. The molecule has 9 nitrogen and oxygen atoms in total. The van der Waals surface area contributed by atoms with E-state index in [4.69, 9.17) is 4.98 Å². The summed E-state index contributed by atoms with van der Waals surface area (Å²) in [6, 6.07) is 27.5. The lowest BCUT2D eigenvalue weighted by Crippen LogP contribution is -2.28. The molecule has 7 rings (SSSR count). The first-order valence-electron chi connectivity index (χ1n) is 15.1. The van der Waals surface area contributed by atoms with E-state index in [-0.39, 0.29) is 12.1 Å². The second kappa shape index (κ2) is 13.1. The molecule has 1 aliphatic heterocycles. The van der Waals surface area contributed by atoms with E-state index in [0.717, 1.165) is 36.4 Å². The molecular formula is C35H33N7O2S2.